The van der Waals surface area contributed by atoms with Crippen molar-refractivity contribution in [3.63, 3.8) is 0 Å². The summed E-state index contributed by atoms with van der Waals surface area (Å²) in [5.41, 5.74) is 4.40. The van der Waals surface area contributed by atoms with Crippen LogP contribution in [0.5, 0.6) is 0 Å². The van der Waals surface area contributed by atoms with Gasteiger partial charge in [-0.05, 0) is 36.6 Å². The van der Waals surface area contributed by atoms with Gasteiger partial charge in [-0.25, -0.2) is 4.58 Å². The molecule has 0 amide bonds. The Bertz CT molecular complexity index is 755. The maximum Gasteiger partial charge on any atom is 0.280 e. The van der Waals surface area contributed by atoms with Gasteiger partial charge in [0.05, 0.1) is 18.2 Å². The normalized spacial score (nSPS) is 24.1. The molecular weight excluding hydrogens is 244 g/mol. The maximum atomic E-state index is 4.87. The molecule has 0 N–H and O–H groups in total. The monoisotopic (exact) mass is 263 g/mol. The fourth-order valence-electron chi connectivity index (χ4n) is 3.76. The van der Waals surface area contributed by atoms with Crippen molar-refractivity contribution >= 4 is 22.8 Å². The third kappa shape index (κ3) is 1.51. The Hall–Kier alpha value is -1.96. The lowest BCUT2D eigenvalue weighted by molar-refractivity contribution is -0.400. The number of hydrogen-bond acceptors (Lipinski definition) is 1. The highest BCUT2D eigenvalue weighted by molar-refractivity contribution is 5.92. The molecule has 2 atom stereocenters. The van der Waals surface area contributed by atoms with E-state index in [0.29, 0.717) is 12.0 Å². The molecule has 100 valence electrons. The van der Waals surface area contributed by atoms with Crippen molar-refractivity contribution in [1.29, 1.82) is 0 Å². The summed E-state index contributed by atoms with van der Waals surface area (Å²) < 4.78 is 2.29. The first-order chi connectivity index (χ1) is 9.79. The molecule has 1 heterocycles. The molecule has 4 rings (SSSR count). The van der Waals surface area contributed by atoms with E-state index < -0.39 is 0 Å². The van der Waals surface area contributed by atoms with E-state index in [2.05, 4.69) is 54.8 Å². The van der Waals surface area contributed by atoms with Crippen LogP contribution in [0.25, 0.3) is 10.8 Å². The minimum absolute atomic E-state index is 0.318. The molecule has 0 saturated heterocycles. The zero-order valence-electron chi connectivity index (χ0n) is 12.0. The van der Waals surface area contributed by atoms with Crippen LogP contribution >= 0.6 is 0 Å². The van der Waals surface area contributed by atoms with E-state index in [1.54, 1.807) is 0 Å². The van der Waals surface area contributed by atoms with Crippen molar-refractivity contribution in [3.05, 3.63) is 47.5 Å². The standard InChI is InChI=1S/C18H19N2/c1-3-20-11-19-18-16(12(20)2)10-14-9-8-13-6-4-5-7-15(13)17(14)18/h4-9,11,16,18H,3,10H2,1-2H3/q+1. The highest BCUT2D eigenvalue weighted by Gasteiger charge is 2.42. The number of nitrogens with zero attached hydrogens (tertiary/aromatic N) is 2. The van der Waals surface area contributed by atoms with Gasteiger partial charge in [0.1, 0.15) is 0 Å². The maximum absolute atomic E-state index is 4.87. The predicted molar refractivity (Wildman–Crippen MR) is 83.9 cm³/mol. The highest BCUT2D eigenvalue weighted by atomic mass is 15.1. The minimum atomic E-state index is 0.318. The summed E-state index contributed by atoms with van der Waals surface area (Å²) in [5, 5.41) is 2.71. The molecule has 20 heavy (non-hydrogen) atoms. The number of rotatable bonds is 1. The second-order valence-corrected chi connectivity index (χ2v) is 5.81. The topological polar surface area (TPSA) is 15.4 Å². The van der Waals surface area contributed by atoms with Crippen LogP contribution in [-0.4, -0.2) is 23.2 Å². The molecule has 0 aromatic heterocycles. The van der Waals surface area contributed by atoms with Crippen LogP contribution in [0.2, 0.25) is 0 Å². The molecule has 1 aliphatic carbocycles. The first-order valence-electron chi connectivity index (χ1n) is 7.43. The fourth-order valence-corrected chi connectivity index (χ4v) is 3.76. The lowest BCUT2D eigenvalue weighted by Crippen LogP contribution is -2.31. The molecule has 0 spiro atoms. The molecule has 2 aliphatic rings. The number of benzene rings is 2. The fraction of sp³-hybridized carbons (Fsp3) is 0.333. The van der Waals surface area contributed by atoms with Gasteiger partial charge in [-0.1, -0.05) is 41.4 Å². The van der Waals surface area contributed by atoms with E-state index in [-0.39, 0.29) is 0 Å². The first kappa shape index (κ1) is 11.8. The van der Waals surface area contributed by atoms with Gasteiger partial charge in [0.25, 0.3) is 6.34 Å². The number of fused-ring (bicyclic) bond motifs is 5. The summed E-state index contributed by atoms with van der Waals surface area (Å²) in [6.45, 7) is 5.46. The quantitative estimate of drug-likeness (QED) is 0.699. The molecule has 0 bridgehead atoms. The Morgan fingerprint density at radius 1 is 1.20 bits per heavy atom. The highest BCUT2D eigenvalue weighted by Crippen LogP contribution is 2.44. The molecule has 0 saturated carbocycles. The molecule has 2 heteroatoms. The molecule has 0 radical (unpaired) electrons. The molecular formula is C18H19N2+. The van der Waals surface area contributed by atoms with Crippen molar-refractivity contribution in [2.24, 2.45) is 10.9 Å². The zero-order valence-corrected chi connectivity index (χ0v) is 12.0. The van der Waals surface area contributed by atoms with Gasteiger partial charge in [0.15, 0.2) is 6.04 Å². The summed E-state index contributed by atoms with van der Waals surface area (Å²) in [4.78, 5) is 4.87. The predicted octanol–water partition coefficient (Wildman–Crippen LogP) is 3.59. The van der Waals surface area contributed by atoms with E-state index in [1.165, 1.54) is 27.6 Å². The third-order valence-electron chi connectivity index (χ3n) is 4.87. The van der Waals surface area contributed by atoms with Gasteiger partial charge in [0, 0.05) is 5.56 Å². The van der Waals surface area contributed by atoms with Gasteiger partial charge >= 0.3 is 0 Å². The van der Waals surface area contributed by atoms with Gasteiger partial charge < -0.3 is 0 Å². The number of hydrogen-bond donors (Lipinski definition) is 0. The Balaban J connectivity index is 1.92. The SMILES string of the molecule is CC[N+]1=C(C)C2Cc3ccc4ccccc4c3C2N=C1. The lowest BCUT2D eigenvalue weighted by Gasteiger charge is -2.18. The average molecular weight is 263 g/mol. The first-order valence-corrected chi connectivity index (χ1v) is 7.43. The molecule has 2 aromatic carbocycles. The smallest absolute Gasteiger partial charge is 0.239 e. The van der Waals surface area contributed by atoms with E-state index in [4.69, 9.17) is 4.99 Å². The second kappa shape index (κ2) is 4.27. The summed E-state index contributed by atoms with van der Waals surface area (Å²) in [5.74, 6) is 0.542. The number of aliphatic imine (C=N–C) groups is 1. The van der Waals surface area contributed by atoms with Crippen molar-refractivity contribution in [2.75, 3.05) is 6.54 Å². The van der Waals surface area contributed by atoms with E-state index >= 15 is 0 Å². The van der Waals surface area contributed by atoms with E-state index in [0.717, 1.165) is 13.0 Å². The molecule has 2 aromatic rings. The molecule has 0 fully saturated rings. The van der Waals surface area contributed by atoms with Crippen molar-refractivity contribution in [1.82, 2.24) is 0 Å². The van der Waals surface area contributed by atoms with Crippen LogP contribution in [0.15, 0.2) is 41.4 Å². The third-order valence-corrected chi connectivity index (χ3v) is 4.87. The zero-order chi connectivity index (χ0) is 13.7. The lowest BCUT2D eigenvalue weighted by atomic mass is 9.93. The molecule has 1 aliphatic heterocycles. The van der Waals surface area contributed by atoms with E-state index in [1.807, 2.05) is 6.34 Å². The Morgan fingerprint density at radius 2 is 2.05 bits per heavy atom. The van der Waals surface area contributed by atoms with Crippen molar-refractivity contribution < 1.29 is 4.58 Å². The molecule has 2 unspecified atom stereocenters. The second-order valence-electron chi connectivity index (χ2n) is 5.81. The van der Waals surface area contributed by atoms with Crippen LogP contribution in [0.4, 0.5) is 0 Å². The van der Waals surface area contributed by atoms with Crippen LogP contribution in [0.1, 0.15) is 31.0 Å². The van der Waals surface area contributed by atoms with Crippen LogP contribution in [-0.2, 0) is 6.42 Å². The summed E-state index contributed by atoms with van der Waals surface area (Å²) in [6, 6.07) is 13.6. The summed E-state index contributed by atoms with van der Waals surface area (Å²) in [7, 11) is 0. The van der Waals surface area contributed by atoms with Gasteiger partial charge in [-0.15, -0.1) is 0 Å². The summed E-state index contributed by atoms with van der Waals surface area (Å²) >= 11 is 0. The minimum Gasteiger partial charge on any atom is -0.239 e. The van der Waals surface area contributed by atoms with Gasteiger partial charge in [-0.2, -0.15) is 0 Å². The van der Waals surface area contributed by atoms with Crippen molar-refractivity contribution in [3.8, 4) is 0 Å². The Kier molecular flexibility index (Phi) is 2.53. The Morgan fingerprint density at radius 3 is 2.90 bits per heavy atom. The van der Waals surface area contributed by atoms with Gasteiger partial charge in [0.2, 0.25) is 0 Å². The molecule has 2 nitrogen and oxygen atoms in total. The Labute approximate surface area is 119 Å². The summed E-state index contributed by atoms with van der Waals surface area (Å²) in [6.07, 6.45) is 3.16. The van der Waals surface area contributed by atoms with E-state index in [9.17, 15) is 0 Å². The van der Waals surface area contributed by atoms with Gasteiger partial charge in [-0.3, -0.25) is 0 Å². The van der Waals surface area contributed by atoms with Crippen LogP contribution in [0, 0.1) is 5.92 Å². The largest absolute Gasteiger partial charge is 0.280 e. The van der Waals surface area contributed by atoms with Crippen LogP contribution in [0.3, 0.4) is 0 Å². The average Bonchev–Trinajstić information content (AvgIpc) is 2.88. The van der Waals surface area contributed by atoms with Crippen molar-refractivity contribution in [2.45, 2.75) is 26.3 Å². The van der Waals surface area contributed by atoms with Crippen LogP contribution < -0.4 is 0 Å².